The average Bonchev–Trinajstić information content (AvgIpc) is 2.00. The van der Waals surface area contributed by atoms with Gasteiger partial charge in [-0.05, 0) is 36.5 Å². The van der Waals surface area contributed by atoms with Gasteiger partial charge in [-0.2, -0.15) is 0 Å². The lowest BCUT2D eigenvalue weighted by Crippen LogP contribution is -1.98. The molecular formula is C10H16O2S. The Balaban J connectivity index is 2.55. The fraction of sp³-hybridized carbons (Fsp3) is 0.400. The Labute approximate surface area is 81.1 Å². The van der Waals surface area contributed by atoms with Gasteiger partial charge in [0, 0.05) is 0 Å². The van der Waals surface area contributed by atoms with Crippen molar-refractivity contribution < 1.29 is 9.29 Å². The Morgan fingerprint density at radius 2 is 2.00 bits per heavy atom. The van der Waals surface area contributed by atoms with E-state index in [1.165, 1.54) is 0 Å². The van der Waals surface area contributed by atoms with Crippen molar-refractivity contribution in [1.82, 2.24) is 0 Å². The van der Waals surface area contributed by atoms with Gasteiger partial charge in [0.15, 0.2) is 0 Å². The third-order valence-electron chi connectivity index (χ3n) is 1.49. The predicted octanol–water partition coefficient (Wildman–Crippen LogP) is 2.52. The molecule has 0 heterocycles. The molecule has 0 spiro atoms. The normalized spacial score (nSPS) is 12.8. The van der Waals surface area contributed by atoms with Gasteiger partial charge < -0.3 is 9.29 Å². The molecule has 74 valence electrons. The highest BCUT2D eigenvalue weighted by molar-refractivity contribution is 8.28. The molecule has 0 aromatic heterocycles. The molecule has 1 N–H and O–H groups in total. The van der Waals surface area contributed by atoms with E-state index >= 15 is 0 Å². The molecule has 0 unspecified atom stereocenters. The molecule has 0 atom stereocenters. The molecule has 0 aliphatic carbocycles. The fourth-order valence-corrected chi connectivity index (χ4v) is 1.38. The first kappa shape index (κ1) is 10.4. The molecule has 0 fully saturated rings. The van der Waals surface area contributed by atoms with Crippen molar-refractivity contribution >= 4 is 10.3 Å². The molecule has 3 heteroatoms. The summed E-state index contributed by atoms with van der Waals surface area (Å²) in [6, 6.07) is 7.16. The molecule has 2 nitrogen and oxygen atoms in total. The second-order valence-corrected chi connectivity index (χ2v) is 7.34. The summed E-state index contributed by atoms with van der Waals surface area (Å²) >= 11 is 0. The minimum absolute atomic E-state index is 0.296. The van der Waals surface area contributed by atoms with Gasteiger partial charge in [0.1, 0.15) is 5.75 Å². The molecular weight excluding hydrogens is 184 g/mol. The van der Waals surface area contributed by atoms with Gasteiger partial charge in [-0.3, -0.25) is 0 Å². The number of rotatable bonds is 3. The molecule has 0 aliphatic heterocycles. The van der Waals surface area contributed by atoms with E-state index < -0.39 is 10.3 Å². The van der Waals surface area contributed by atoms with Crippen LogP contribution in [0.1, 0.15) is 5.56 Å². The van der Waals surface area contributed by atoms with Crippen LogP contribution in [0, 0.1) is 0 Å². The Bertz CT molecular complexity index is 278. The summed E-state index contributed by atoms with van der Waals surface area (Å²) in [5.74, 6) is 0.296. The van der Waals surface area contributed by atoms with Crippen molar-refractivity contribution in [3.63, 3.8) is 0 Å². The maximum Gasteiger partial charge on any atom is 0.115 e. The summed E-state index contributed by atoms with van der Waals surface area (Å²) in [6.07, 6.45) is 6.28. The molecule has 0 saturated heterocycles. The predicted molar refractivity (Wildman–Crippen MR) is 58.3 cm³/mol. The highest BCUT2D eigenvalue weighted by atomic mass is 32.3. The van der Waals surface area contributed by atoms with E-state index in [1.807, 2.05) is 12.1 Å². The third kappa shape index (κ3) is 4.20. The van der Waals surface area contributed by atoms with Gasteiger partial charge in [-0.25, -0.2) is 0 Å². The number of benzene rings is 1. The Morgan fingerprint density at radius 1 is 1.31 bits per heavy atom. The van der Waals surface area contributed by atoms with Crippen molar-refractivity contribution in [2.45, 2.75) is 6.61 Å². The number of hydrogen-bond acceptors (Lipinski definition) is 2. The Kier molecular flexibility index (Phi) is 3.22. The highest BCUT2D eigenvalue weighted by Gasteiger charge is 2.04. The second-order valence-electron chi connectivity index (χ2n) is 3.66. The summed E-state index contributed by atoms with van der Waals surface area (Å²) in [7, 11) is -0.917. The first-order valence-corrected chi connectivity index (χ1v) is 6.86. The maximum atomic E-state index is 9.19. The summed E-state index contributed by atoms with van der Waals surface area (Å²) < 4.78 is 5.64. The molecule has 13 heavy (non-hydrogen) atoms. The van der Waals surface area contributed by atoms with E-state index in [-0.39, 0.29) is 0 Å². The van der Waals surface area contributed by atoms with Crippen LogP contribution in [-0.4, -0.2) is 23.9 Å². The smallest absolute Gasteiger partial charge is 0.115 e. The van der Waals surface area contributed by atoms with Crippen molar-refractivity contribution in [2.24, 2.45) is 0 Å². The zero-order valence-electron chi connectivity index (χ0n) is 8.28. The molecule has 1 rings (SSSR count). The van der Waals surface area contributed by atoms with Gasteiger partial charge in [-0.1, -0.05) is 12.1 Å². The van der Waals surface area contributed by atoms with Crippen LogP contribution in [0.4, 0.5) is 0 Å². The van der Waals surface area contributed by atoms with Crippen LogP contribution in [0.5, 0.6) is 5.75 Å². The topological polar surface area (TPSA) is 29.5 Å². The van der Waals surface area contributed by atoms with Gasteiger partial charge in [0.25, 0.3) is 0 Å². The van der Waals surface area contributed by atoms with Gasteiger partial charge in [-0.15, -0.1) is 10.3 Å². The first-order valence-electron chi connectivity index (χ1n) is 4.08. The SMILES string of the molecule is CS(C)(C)OCc1cccc(O)c1. The monoisotopic (exact) mass is 200 g/mol. The summed E-state index contributed by atoms with van der Waals surface area (Å²) in [6.45, 7) is 0.577. The molecule has 0 amide bonds. The number of phenols is 1. The first-order chi connectivity index (χ1) is 5.97. The largest absolute Gasteiger partial charge is 0.508 e. The summed E-state index contributed by atoms with van der Waals surface area (Å²) in [5, 5.41) is 9.19. The standard InChI is InChI=1S/C10H16O2S/c1-13(2,3)12-8-9-5-4-6-10(11)7-9/h4-7,11H,8H2,1-3H3. The zero-order chi connectivity index (χ0) is 9.90. The van der Waals surface area contributed by atoms with Crippen LogP contribution in [0.3, 0.4) is 0 Å². The van der Waals surface area contributed by atoms with Crippen molar-refractivity contribution in [1.29, 1.82) is 0 Å². The van der Waals surface area contributed by atoms with E-state index in [0.717, 1.165) is 5.56 Å². The van der Waals surface area contributed by atoms with Crippen molar-refractivity contribution in [3.8, 4) is 5.75 Å². The van der Waals surface area contributed by atoms with E-state index in [1.54, 1.807) is 12.1 Å². The molecule has 1 aromatic carbocycles. The molecule has 1 aromatic rings. The van der Waals surface area contributed by atoms with Crippen LogP contribution in [-0.2, 0) is 10.8 Å². The van der Waals surface area contributed by atoms with Crippen molar-refractivity contribution in [2.75, 3.05) is 18.8 Å². The molecule has 0 aliphatic rings. The summed E-state index contributed by atoms with van der Waals surface area (Å²) in [4.78, 5) is 0. The lowest BCUT2D eigenvalue weighted by molar-refractivity contribution is 0.350. The van der Waals surface area contributed by atoms with E-state index in [2.05, 4.69) is 18.8 Å². The average molecular weight is 200 g/mol. The van der Waals surface area contributed by atoms with E-state index in [0.29, 0.717) is 12.4 Å². The Hall–Kier alpha value is -0.670. The number of hydrogen-bond donors (Lipinski definition) is 1. The molecule has 0 radical (unpaired) electrons. The third-order valence-corrected chi connectivity index (χ3v) is 2.31. The highest BCUT2D eigenvalue weighted by Crippen LogP contribution is 2.37. The van der Waals surface area contributed by atoms with Gasteiger partial charge in [0.05, 0.1) is 6.61 Å². The van der Waals surface area contributed by atoms with E-state index in [9.17, 15) is 5.11 Å². The lowest BCUT2D eigenvalue weighted by atomic mass is 10.2. The minimum atomic E-state index is -0.917. The van der Waals surface area contributed by atoms with Crippen LogP contribution in [0.2, 0.25) is 0 Å². The second kappa shape index (κ2) is 4.03. The van der Waals surface area contributed by atoms with Gasteiger partial charge >= 0.3 is 0 Å². The van der Waals surface area contributed by atoms with Crippen molar-refractivity contribution in [3.05, 3.63) is 29.8 Å². The molecule has 0 saturated carbocycles. The lowest BCUT2D eigenvalue weighted by Gasteiger charge is -2.25. The quantitative estimate of drug-likeness (QED) is 0.812. The Morgan fingerprint density at radius 3 is 2.54 bits per heavy atom. The van der Waals surface area contributed by atoms with Crippen LogP contribution in [0.15, 0.2) is 24.3 Å². The van der Waals surface area contributed by atoms with Crippen LogP contribution >= 0.6 is 10.3 Å². The maximum absolute atomic E-state index is 9.19. The zero-order valence-corrected chi connectivity index (χ0v) is 9.10. The van der Waals surface area contributed by atoms with Gasteiger partial charge in [0.2, 0.25) is 0 Å². The van der Waals surface area contributed by atoms with Crippen LogP contribution in [0.25, 0.3) is 0 Å². The fourth-order valence-electron chi connectivity index (χ4n) is 0.891. The van der Waals surface area contributed by atoms with E-state index in [4.69, 9.17) is 4.18 Å². The summed E-state index contributed by atoms with van der Waals surface area (Å²) in [5.41, 5.74) is 1.02. The number of phenolic OH excluding ortho intramolecular Hbond substituents is 1. The number of aromatic hydroxyl groups is 1. The van der Waals surface area contributed by atoms with Crippen LogP contribution < -0.4 is 0 Å². The molecule has 0 bridgehead atoms. The minimum Gasteiger partial charge on any atom is -0.508 e.